The van der Waals surface area contributed by atoms with Gasteiger partial charge in [0.25, 0.3) is 0 Å². The van der Waals surface area contributed by atoms with Crippen LogP contribution in [0.2, 0.25) is 0 Å². The lowest BCUT2D eigenvalue weighted by molar-refractivity contribution is 0.297. The molecule has 0 aliphatic heterocycles. The molecule has 0 aliphatic carbocycles. The summed E-state index contributed by atoms with van der Waals surface area (Å²) in [7, 11) is -1.80. The van der Waals surface area contributed by atoms with Crippen LogP contribution in [0.15, 0.2) is 76.6 Å². The zero-order valence-corrected chi connectivity index (χ0v) is 17.9. The summed E-state index contributed by atoms with van der Waals surface area (Å²) < 4.78 is 34.9. The molecule has 7 nitrogen and oxygen atoms in total. The van der Waals surface area contributed by atoms with Gasteiger partial charge in [-0.25, -0.2) is 18.4 Å². The molecule has 1 aromatic heterocycles. The Labute approximate surface area is 180 Å². The van der Waals surface area contributed by atoms with E-state index in [9.17, 15) is 8.42 Å². The van der Waals surface area contributed by atoms with Gasteiger partial charge in [-0.3, -0.25) is 0 Å². The molecular weight excluding hydrogens is 414 g/mol. The zero-order chi connectivity index (χ0) is 21.8. The van der Waals surface area contributed by atoms with Gasteiger partial charge >= 0.3 is 0 Å². The predicted octanol–water partition coefficient (Wildman–Crippen LogP) is 4.52. The number of sulfone groups is 1. The summed E-state index contributed by atoms with van der Waals surface area (Å²) >= 11 is 0. The third-order valence-corrected chi connectivity index (χ3v) is 5.80. The fourth-order valence-corrected chi connectivity index (χ4v) is 4.13. The highest BCUT2D eigenvalue weighted by Crippen LogP contribution is 2.29. The first-order valence-electron chi connectivity index (χ1n) is 9.50. The summed E-state index contributed by atoms with van der Waals surface area (Å²) in [5.74, 6) is 1.37. The van der Waals surface area contributed by atoms with Crippen molar-refractivity contribution in [2.75, 3.05) is 13.4 Å². The number of aliphatic imine (C=N–C) groups is 1. The van der Waals surface area contributed by atoms with Crippen LogP contribution in [-0.2, 0) is 21.2 Å². The van der Waals surface area contributed by atoms with E-state index in [0.29, 0.717) is 22.0 Å². The van der Waals surface area contributed by atoms with Crippen molar-refractivity contribution in [3.05, 3.63) is 72.6 Å². The van der Waals surface area contributed by atoms with Crippen molar-refractivity contribution < 1.29 is 17.9 Å². The SMILES string of the molecule is CO/C=N/c1ccc(OCc2nc3cc(-c4ccccc4S(C)(=O)=O)ccc3[nH]2)cc1. The summed E-state index contributed by atoms with van der Waals surface area (Å²) in [6, 6.07) is 19.9. The van der Waals surface area contributed by atoms with Gasteiger partial charge in [0.2, 0.25) is 0 Å². The number of aromatic nitrogens is 2. The quantitative estimate of drug-likeness (QED) is 0.340. The Morgan fingerprint density at radius 2 is 1.84 bits per heavy atom. The molecule has 3 aromatic carbocycles. The molecular formula is C23H21N3O4S. The fourth-order valence-electron chi connectivity index (χ4n) is 3.22. The molecule has 0 radical (unpaired) electrons. The van der Waals surface area contributed by atoms with Gasteiger partial charge in [0.05, 0.1) is 28.7 Å². The Bertz CT molecular complexity index is 1340. The first-order valence-corrected chi connectivity index (χ1v) is 11.4. The minimum atomic E-state index is -3.34. The van der Waals surface area contributed by atoms with Gasteiger partial charge in [-0.2, -0.15) is 0 Å². The van der Waals surface area contributed by atoms with Crippen LogP contribution in [0.5, 0.6) is 5.75 Å². The smallest absolute Gasteiger partial charge is 0.176 e. The van der Waals surface area contributed by atoms with Crippen molar-refractivity contribution in [2.24, 2.45) is 4.99 Å². The van der Waals surface area contributed by atoms with E-state index in [-0.39, 0.29) is 6.61 Å². The average molecular weight is 436 g/mol. The molecule has 0 fully saturated rings. The molecule has 158 valence electrons. The molecule has 0 aliphatic rings. The van der Waals surface area contributed by atoms with Crippen LogP contribution in [0.3, 0.4) is 0 Å². The minimum Gasteiger partial charge on any atom is -0.486 e. The first-order chi connectivity index (χ1) is 14.9. The number of rotatable bonds is 7. The highest BCUT2D eigenvalue weighted by molar-refractivity contribution is 7.90. The van der Waals surface area contributed by atoms with Gasteiger partial charge in [0, 0.05) is 11.8 Å². The number of imidazole rings is 1. The molecule has 1 heterocycles. The Morgan fingerprint density at radius 3 is 2.58 bits per heavy atom. The van der Waals surface area contributed by atoms with Crippen molar-refractivity contribution in [1.82, 2.24) is 9.97 Å². The molecule has 1 N–H and O–H groups in total. The van der Waals surface area contributed by atoms with Crippen LogP contribution in [0.25, 0.3) is 22.2 Å². The molecule has 0 spiro atoms. The Balaban J connectivity index is 1.54. The van der Waals surface area contributed by atoms with Gasteiger partial charge in [-0.15, -0.1) is 0 Å². The van der Waals surface area contributed by atoms with E-state index in [1.165, 1.54) is 12.7 Å². The number of nitrogens with one attached hydrogen (secondary N) is 1. The van der Waals surface area contributed by atoms with Crippen LogP contribution < -0.4 is 4.74 Å². The third kappa shape index (κ3) is 4.75. The Morgan fingerprint density at radius 1 is 1.06 bits per heavy atom. The topological polar surface area (TPSA) is 93.6 Å². The number of nitrogens with zero attached hydrogens (tertiary/aromatic N) is 2. The van der Waals surface area contributed by atoms with Crippen molar-refractivity contribution in [1.29, 1.82) is 0 Å². The number of methoxy groups -OCH3 is 1. The van der Waals surface area contributed by atoms with Gasteiger partial charge in [-0.1, -0.05) is 24.3 Å². The second-order valence-electron chi connectivity index (χ2n) is 6.94. The number of ether oxygens (including phenoxy) is 2. The van der Waals surface area contributed by atoms with Crippen molar-refractivity contribution in [2.45, 2.75) is 11.5 Å². The molecule has 31 heavy (non-hydrogen) atoms. The molecule has 0 amide bonds. The highest BCUT2D eigenvalue weighted by atomic mass is 32.2. The van der Waals surface area contributed by atoms with E-state index >= 15 is 0 Å². The maximum absolute atomic E-state index is 12.1. The van der Waals surface area contributed by atoms with Crippen LogP contribution in [0.1, 0.15) is 5.82 Å². The zero-order valence-electron chi connectivity index (χ0n) is 17.1. The molecule has 0 saturated heterocycles. The average Bonchev–Trinajstić information content (AvgIpc) is 3.18. The van der Waals surface area contributed by atoms with Gasteiger partial charge in [0.15, 0.2) is 16.2 Å². The number of benzene rings is 3. The fraction of sp³-hybridized carbons (Fsp3) is 0.130. The maximum atomic E-state index is 12.1. The lowest BCUT2D eigenvalue weighted by atomic mass is 10.1. The molecule has 4 rings (SSSR count). The summed E-state index contributed by atoms with van der Waals surface area (Å²) in [5, 5.41) is 0. The molecule has 0 unspecified atom stereocenters. The molecule has 0 bridgehead atoms. The largest absolute Gasteiger partial charge is 0.486 e. The number of aromatic amines is 1. The summed E-state index contributed by atoms with van der Waals surface area (Å²) in [6.45, 7) is 0.268. The number of hydrogen-bond acceptors (Lipinski definition) is 6. The molecule has 4 aromatic rings. The second kappa shape index (κ2) is 8.61. The van der Waals surface area contributed by atoms with Gasteiger partial charge in [-0.05, 0) is 48.0 Å². The van der Waals surface area contributed by atoms with Gasteiger partial charge in [0.1, 0.15) is 18.2 Å². The molecule has 0 saturated carbocycles. The third-order valence-electron chi connectivity index (χ3n) is 4.65. The Kier molecular flexibility index (Phi) is 5.73. The van der Waals surface area contributed by atoms with E-state index in [4.69, 9.17) is 9.47 Å². The van der Waals surface area contributed by atoms with E-state index in [1.54, 1.807) is 25.3 Å². The Hall–Kier alpha value is -3.65. The lowest BCUT2D eigenvalue weighted by Gasteiger charge is -2.07. The van der Waals surface area contributed by atoms with E-state index in [0.717, 1.165) is 22.3 Å². The lowest BCUT2D eigenvalue weighted by Crippen LogP contribution is -1.99. The monoisotopic (exact) mass is 435 g/mol. The number of fused-ring (bicyclic) bond motifs is 1. The predicted molar refractivity (Wildman–Crippen MR) is 121 cm³/mol. The molecule has 0 atom stereocenters. The van der Waals surface area contributed by atoms with Gasteiger partial charge < -0.3 is 14.5 Å². The highest BCUT2D eigenvalue weighted by Gasteiger charge is 2.15. The minimum absolute atomic E-state index is 0.268. The van der Waals surface area contributed by atoms with E-state index in [2.05, 4.69) is 15.0 Å². The van der Waals surface area contributed by atoms with Crippen LogP contribution in [-0.4, -0.2) is 38.2 Å². The maximum Gasteiger partial charge on any atom is 0.176 e. The van der Waals surface area contributed by atoms with Crippen LogP contribution >= 0.6 is 0 Å². The number of hydrogen-bond donors (Lipinski definition) is 1. The first kappa shape index (κ1) is 20.6. The standard InChI is InChI=1S/C23H21N3O4S/c1-29-15-24-17-8-10-18(11-9-17)30-14-23-25-20-12-7-16(13-21(20)26-23)19-5-3-4-6-22(19)31(2,27)28/h3-13,15H,14H2,1-2H3,(H,25,26)/b24-15+. The van der Waals surface area contributed by atoms with Crippen molar-refractivity contribution >= 4 is 33.0 Å². The summed E-state index contributed by atoms with van der Waals surface area (Å²) in [5.41, 5.74) is 3.80. The van der Waals surface area contributed by atoms with E-state index in [1.807, 2.05) is 48.5 Å². The van der Waals surface area contributed by atoms with E-state index < -0.39 is 9.84 Å². The summed E-state index contributed by atoms with van der Waals surface area (Å²) in [4.78, 5) is 12.2. The van der Waals surface area contributed by atoms with Crippen molar-refractivity contribution in [3.8, 4) is 16.9 Å². The summed E-state index contributed by atoms with van der Waals surface area (Å²) in [6.07, 6.45) is 2.58. The molecule has 8 heteroatoms. The van der Waals surface area contributed by atoms with Crippen LogP contribution in [0.4, 0.5) is 5.69 Å². The van der Waals surface area contributed by atoms with Crippen LogP contribution in [0, 0.1) is 0 Å². The van der Waals surface area contributed by atoms with Crippen molar-refractivity contribution in [3.63, 3.8) is 0 Å². The number of H-pyrrole nitrogens is 1. The second-order valence-corrected chi connectivity index (χ2v) is 8.92. The normalized spacial score (nSPS) is 11.8.